The lowest BCUT2D eigenvalue weighted by atomic mass is 9.99. The van der Waals surface area contributed by atoms with Gasteiger partial charge >= 0.3 is 0 Å². The zero-order chi connectivity index (χ0) is 13.5. The molecule has 0 saturated carbocycles. The van der Waals surface area contributed by atoms with Gasteiger partial charge in [-0.15, -0.1) is 0 Å². The average molecular weight is 318 g/mol. The highest BCUT2D eigenvalue weighted by molar-refractivity contribution is 9.10. The molecule has 0 heterocycles. The molecular weight excluding hydrogens is 298 g/mol. The molecule has 2 aromatic carbocycles. The van der Waals surface area contributed by atoms with Crippen molar-refractivity contribution >= 4 is 15.9 Å². The molecule has 0 aliphatic carbocycles. The molecule has 0 aliphatic rings. The average Bonchev–Trinajstić information content (AvgIpc) is 2.46. The molecule has 1 unspecified atom stereocenters. The number of hydrogen-bond donors (Lipinski definition) is 1. The van der Waals surface area contributed by atoms with Crippen molar-refractivity contribution in [3.63, 3.8) is 0 Å². The smallest absolute Gasteiger partial charge is 0.0323 e. The van der Waals surface area contributed by atoms with Gasteiger partial charge in [-0.3, -0.25) is 0 Å². The van der Waals surface area contributed by atoms with E-state index in [4.69, 9.17) is 0 Å². The maximum Gasteiger partial charge on any atom is 0.0323 e. The third-order valence-electron chi connectivity index (χ3n) is 3.29. The standard InChI is InChI=1S/C17H20BrN/c1-2-19-17(15-6-4-3-5-7-15)13-10-14-8-11-16(18)12-9-14/h3-9,11-12,17,19H,2,10,13H2,1H3. The van der Waals surface area contributed by atoms with Gasteiger partial charge in [-0.1, -0.05) is 65.3 Å². The largest absolute Gasteiger partial charge is 0.310 e. The summed E-state index contributed by atoms with van der Waals surface area (Å²) in [6.45, 7) is 3.16. The summed E-state index contributed by atoms with van der Waals surface area (Å²) < 4.78 is 1.14. The summed E-state index contributed by atoms with van der Waals surface area (Å²) in [5.41, 5.74) is 2.77. The van der Waals surface area contributed by atoms with E-state index >= 15 is 0 Å². The Balaban J connectivity index is 1.99. The quantitative estimate of drug-likeness (QED) is 0.812. The first-order valence-electron chi connectivity index (χ1n) is 6.82. The Bertz CT molecular complexity index is 478. The number of rotatable bonds is 6. The highest BCUT2D eigenvalue weighted by Gasteiger charge is 2.09. The number of halogens is 1. The first-order valence-corrected chi connectivity index (χ1v) is 7.61. The van der Waals surface area contributed by atoms with E-state index in [9.17, 15) is 0 Å². The lowest BCUT2D eigenvalue weighted by Gasteiger charge is -2.18. The maximum absolute atomic E-state index is 3.57. The molecule has 2 heteroatoms. The maximum atomic E-state index is 3.57. The van der Waals surface area contributed by atoms with Crippen LogP contribution in [0.1, 0.15) is 30.5 Å². The monoisotopic (exact) mass is 317 g/mol. The minimum absolute atomic E-state index is 0.440. The van der Waals surface area contributed by atoms with Crippen molar-refractivity contribution in [3.05, 3.63) is 70.2 Å². The van der Waals surface area contributed by atoms with Gasteiger partial charge in [0, 0.05) is 10.5 Å². The SMILES string of the molecule is CCNC(CCc1ccc(Br)cc1)c1ccccc1. The highest BCUT2D eigenvalue weighted by atomic mass is 79.9. The summed E-state index contributed by atoms with van der Waals surface area (Å²) in [6.07, 6.45) is 2.22. The number of nitrogens with one attached hydrogen (secondary N) is 1. The molecule has 0 aromatic heterocycles. The molecule has 1 atom stereocenters. The molecule has 2 rings (SSSR count). The number of hydrogen-bond acceptors (Lipinski definition) is 1. The van der Waals surface area contributed by atoms with Gasteiger partial charge in [-0.25, -0.2) is 0 Å². The second-order valence-electron chi connectivity index (χ2n) is 4.69. The van der Waals surface area contributed by atoms with Crippen LogP contribution >= 0.6 is 15.9 Å². The van der Waals surface area contributed by atoms with Gasteiger partial charge in [-0.2, -0.15) is 0 Å². The molecule has 0 amide bonds. The van der Waals surface area contributed by atoms with Crippen molar-refractivity contribution in [1.82, 2.24) is 5.32 Å². The van der Waals surface area contributed by atoms with Crippen molar-refractivity contribution in [2.24, 2.45) is 0 Å². The lowest BCUT2D eigenvalue weighted by Crippen LogP contribution is -2.21. The number of aryl methyl sites for hydroxylation is 1. The molecule has 0 radical (unpaired) electrons. The van der Waals surface area contributed by atoms with Crippen LogP contribution in [0.4, 0.5) is 0 Å². The van der Waals surface area contributed by atoms with Crippen molar-refractivity contribution in [3.8, 4) is 0 Å². The molecular formula is C17H20BrN. The molecule has 0 saturated heterocycles. The topological polar surface area (TPSA) is 12.0 Å². The minimum Gasteiger partial charge on any atom is -0.310 e. The van der Waals surface area contributed by atoms with E-state index in [-0.39, 0.29) is 0 Å². The summed E-state index contributed by atoms with van der Waals surface area (Å²) in [6, 6.07) is 19.7. The van der Waals surface area contributed by atoms with Gasteiger partial charge in [0.15, 0.2) is 0 Å². The van der Waals surface area contributed by atoms with E-state index in [0.29, 0.717) is 6.04 Å². The zero-order valence-corrected chi connectivity index (χ0v) is 12.9. The summed E-state index contributed by atoms with van der Waals surface area (Å²) in [5.74, 6) is 0. The van der Waals surface area contributed by atoms with Crippen LogP contribution in [0.25, 0.3) is 0 Å². The summed E-state index contributed by atoms with van der Waals surface area (Å²) in [5, 5.41) is 3.57. The molecule has 1 nitrogen and oxygen atoms in total. The Labute approximate surface area is 124 Å². The Morgan fingerprint density at radius 1 is 1.00 bits per heavy atom. The van der Waals surface area contributed by atoms with Gasteiger partial charge in [0.05, 0.1) is 0 Å². The van der Waals surface area contributed by atoms with Gasteiger partial charge in [0.25, 0.3) is 0 Å². The summed E-state index contributed by atoms with van der Waals surface area (Å²) >= 11 is 3.47. The molecule has 0 fully saturated rings. The van der Waals surface area contributed by atoms with Crippen LogP contribution in [0.5, 0.6) is 0 Å². The van der Waals surface area contributed by atoms with Crippen LogP contribution in [0, 0.1) is 0 Å². The van der Waals surface area contributed by atoms with Crippen molar-refractivity contribution < 1.29 is 0 Å². The normalized spacial score (nSPS) is 12.3. The molecule has 100 valence electrons. The van der Waals surface area contributed by atoms with E-state index < -0.39 is 0 Å². The molecule has 0 bridgehead atoms. The predicted octanol–water partition coefficient (Wildman–Crippen LogP) is 4.73. The Kier molecular flexibility index (Phi) is 5.62. The van der Waals surface area contributed by atoms with Crippen LogP contribution in [0.15, 0.2) is 59.1 Å². The van der Waals surface area contributed by atoms with E-state index in [2.05, 4.69) is 82.8 Å². The van der Waals surface area contributed by atoms with E-state index in [1.165, 1.54) is 11.1 Å². The van der Waals surface area contributed by atoms with Crippen LogP contribution in [-0.2, 0) is 6.42 Å². The number of benzene rings is 2. The van der Waals surface area contributed by atoms with Crippen LogP contribution < -0.4 is 5.32 Å². The fourth-order valence-corrected chi connectivity index (χ4v) is 2.54. The van der Waals surface area contributed by atoms with Gasteiger partial charge < -0.3 is 5.32 Å². The fraction of sp³-hybridized carbons (Fsp3) is 0.294. The van der Waals surface area contributed by atoms with E-state index in [1.807, 2.05) is 0 Å². The summed E-state index contributed by atoms with van der Waals surface area (Å²) in [7, 11) is 0. The highest BCUT2D eigenvalue weighted by Crippen LogP contribution is 2.20. The lowest BCUT2D eigenvalue weighted by molar-refractivity contribution is 0.515. The Morgan fingerprint density at radius 3 is 2.32 bits per heavy atom. The molecule has 1 N–H and O–H groups in total. The Hall–Kier alpha value is -1.12. The minimum atomic E-state index is 0.440. The molecule has 2 aromatic rings. The molecule has 0 spiro atoms. The van der Waals surface area contributed by atoms with E-state index in [0.717, 1.165) is 23.9 Å². The fourth-order valence-electron chi connectivity index (χ4n) is 2.28. The van der Waals surface area contributed by atoms with E-state index in [1.54, 1.807) is 0 Å². The van der Waals surface area contributed by atoms with Crippen LogP contribution in [0.2, 0.25) is 0 Å². The van der Waals surface area contributed by atoms with Gasteiger partial charge in [0.2, 0.25) is 0 Å². The first-order chi connectivity index (χ1) is 9.29. The second kappa shape index (κ2) is 7.46. The van der Waals surface area contributed by atoms with Crippen molar-refractivity contribution in [2.75, 3.05) is 6.54 Å². The van der Waals surface area contributed by atoms with Gasteiger partial charge in [-0.05, 0) is 42.6 Å². The second-order valence-corrected chi connectivity index (χ2v) is 5.60. The third kappa shape index (κ3) is 4.48. The Morgan fingerprint density at radius 2 is 1.68 bits per heavy atom. The first kappa shape index (κ1) is 14.3. The van der Waals surface area contributed by atoms with Crippen LogP contribution in [-0.4, -0.2) is 6.54 Å². The van der Waals surface area contributed by atoms with Gasteiger partial charge in [0.1, 0.15) is 0 Å². The molecule has 19 heavy (non-hydrogen) atoms. The predicted molar refractivity (Wildman–Crippen MR) is 85.3 cm³/mol. The van der Waals surface area contributed by atoms with Crippen LogP contribution in [0.3, 0.4) is 0 Å². The zero-order valence-electron chi connectivity index (χ0n) is 11.3. The summed E-state index contributed by atoms with van der Waals surface area (Å²) in [4.78, 5) is 0. The van der Waals surface area contributed by atoms with Crippen molar-refractivity contribution in [2.45, 2.75) is 25.8 Å². The molecule has 0 aliphatic heterocycles. The third-order valence-corrected chi connectivity index (χ3v) is 3.82. The van der Waals surface area contributed by atoms with Crippen molar-refractivity contribution in [1.29, 1.82) is 0 Å².